The summed E-state index contributed by atoms with van der Waals surface area (Å²) in [5.74, 6) is 3.11. The van der Waals surface area contributed by atoms with Gasteiger partial charge in [-0.2, -0.15) is 0 Å². The Bertz CT molecular complexity index is 878. The fourth-order valence-corrected chi connectivity index (χ4v) is 3.99. The molecule has 1 aliphatic rings. The van der Waals surface area contributed by atoms with Gasteiger partial charge >= 0.3 is 0 Å². The first-order valence-corrected chi connectivity index (χ1v) is 10.9. The van der Waals surface area contributed by atoms with Crippen LogP contribution in [0.15, 0.2) is 18.2 Å². The third-order valence-corrected chi connectivity index (χ3v) is 5.67. The number of aryl methyl sites for hydroxylation is 1. The quantitative estimate of drug-likeness (QED) is 0.531. The molecule has 1 aliphatic heterocycles. The largest absolute Gasteiger partial charge is 0.497 e. The number of ether oxygens (including phenoxy) is 2. The summed E-state index contributed by atoms with van der Waals surface area (Å²) >= 11 is 0. The van der Waals surface area contributed by atoms with Crippen molar-refractivity contribution in [2.75, 3.05) is 32.8 Å². The fraction of sp³-hybridized carbons (Fsp3) is 0.565. The molecule has 0 N–H and O–H groups in total. The average molecular weight is 415 g/mol. The first kappa shape index (κ1) is 22.0. The highest BCUT2D eigenvalue weighted by atomic mass is 16.5. The van der Waals surface area contributed by atoms with Crippen LogP contribution in [0.4, 0.5) is 11.5 Å². The van der Waals surface area contributed by atoms with Crippen molar-refractivity contribution in [2.45, 2.75) is 58.9 Å². The predicted molar refractivity (Wildman–Crippen MR) is 119 cm³/mol. The molecule has 0 atom stereocenters. The van der Waals surface area contributed by atoms with Gasteiger partial charge in [0.1, 0.15) is 17.3 Å². The van der Waals surface area contributed by atoms with E-state index in [0.717, 1.165) is 36.6 Å². The number of amides is 1. The van der Waals surface area contributed by atoms with Crippen molar-refractivity contribution in [3.8, 4) is 11.5 Å². The van der Waals surface area contributed by atoms with Gasteiger partial charge in [-0.25, -0.2) is 4.98 Å². The van der Waals surface area contributed by atoms with Crippen LogP contribution in [0.5, 0.6) is 11.5 Å². The molecule has 3 rings (SSSR count). The van der Waals surface area contributed by atoms with E-state index < -0.39 is 0 Å². The molecule has 30 heavy (non-hydrogen) atoms. The van der Waals surface area contributed by atoms with Crippen LogP contribution in [0.25, 0.3) is 0 Å². The first-order valence-electron chi connectivity index (χ1n) is 10.9. The Hall–Kier alpha value is -2.70. The lowest BCUT2D eigenvalue weighted by molar-refractivity contribution is 0.0775. The molecule has 0 bridgehead atoms. The van der Waals surface area contributed by atoms with Gasteiger partial charge in [-0.15, -0.1) is 0 Å². The second-order valence-corrected chi connectivity index (χ2v) is 7.73. The van der Waals surface area contributed by atoms with Crippen molar-refractivity contribution < 1.29 is 14.3 Å². The molecule has 2 aromatic rings. The van der Waals surface area contributed by atoms with Crippen molar-refractivity contribution in [2.24, 2.45) is 0 Å². The van der Waals surface area contributed by atoms with Crippen molar-refractivity contribution in [1.82, 2.24) is 14.5 Å². The molecule has 1 aromatic carbocycles. The van der Waals surface area contributed by atoms with E-state index in [2.05, 4.69) is 23.3 Å². The van der Waals surface area contributed by atoms with E-state index in [-0.39, 0.29) is 5.91 Å². The Balaban J connectivity index is 1.99. The molecule has 7 heteroatoms. The Morgan fingerprint density at radius 3 is 2.50 bits per heavy atom. The molecule has 0 fully saturated rings. The number of methoxy groups -OCH3 is 2. The Morgan fingerprint density at radius 2 is 1.83 bits per heavy atom. The minimum Gasteiger partial charge on any atom is -0.497 e. The van der Waals surface area contributed by atoms with Crippen LogP contribution in [0, 0.1) is 0 Å². The highest BCUT2D eigenvalue weighted by Gasteiger charge is 2.35. The van der Waals surface area contributed by atoms with Gasteiger partial charge in [0.2, 0.25) is 0 Å². The summed E-state index contributed by atoms with van der Waals surface area (Å²) in [4.78, 5) is 21.8. The first-order chi connectivity index (χ1) is 14.5. The SMILES string of the molecule is CCCCCCCn1c(CC)nc2c1C(=O)N(C)CN2c1ccc(OC)cc1OC. The summed E-state index contributed by atoms with van der Waals surface area (Å²) in [5, 5.41) is 0. The summed E-state index contributed by atoms with van der Waals surface area (Å²) in [6.07, 6.45) is 6.73. The zero-order valence-corrected chi connectivity index (χ0v) is 18.9. The lowest BCUT2D eigenvalue weighted by Gasteiger charge is -2.34. The molecule has 0 unspecified atom stereocenters. The third-order valence-electron chi connectivity index (χ3n) is 5.67. The number of rotatable bonds is 10. The van der Waals surface area contributed by atoms with Gasteiger partial charge in [0.25, 0.3) is 5.91 Å². The van der Waals surface area contributed by atoms with Gasteiger partial charge < -0.3 is 23.8 Å². The van der Waals surface area contributed by atoms with Gasteiger partial charge in [0.05, 0.1) is 26.6 Å². The number of anilines is 2. The number of benzene rings is 1. The molecule has 164 valence electrons. The number of fused-ring (bicyclic) bond motifs is 1. The molecule has 0 spiro atoms. The van der Waals surface area contributed by atoms with Crippen LogP contribution >= 0.6 is 0 Å². The Labute approximate surface area is 179 Å². The number of unbranched alkanes of at least 4 members (excludes halogenated alkanes) is 4. The fourth-order valence-electron chi connectivity index (χ4n) is 3.99. The maximum absolute atomic E-state index is 13.1. The van der Waals surface area contributed by atoms with E-state index in [1.165, 1.54) is 25.7 Å². The number of carbonyl (C=O) groups is 1. The van der Waals surface area contributed by atoms with Crippen LogP contribution in [-0.4, -0.2) is 48.3 Å². The molecule has 0 aliphatic carbocycles. The maximum Gasteiger partial charge on any atom is 0.275 e. The molecule has 2 heterocycles. The van der Waals surface area contributed by atoms with Gasteiger partial charge in [0, 0.05) is 26.1 Å². The van der Waals surface area contributed by atoms with E-state index in [9.17, 15) is 4.79 Å². The number of hydrogen-bond acceptors (Lipinski definition) is 5. The van der Waals surface area contributed by atoms with Crippen LogP contribution in [0.1, 0.15) is 62.3 Å². The zero-order chi connectivity index (χ0) is 21.7. The normalized spacial score (nSPS) is 13.6. The summed E-state index contributed by atoms with van der Waals surface area (Å²) in [7, 11) is 5.11. The topological polar surface area (TPSA) is 59.8 Å². The monoisotopic (exact) mass is 414 g/mol. The summed E-state index contributed by atoms with van der Waals surface area (Å²) in [5.41, 5.74) is 1.54. The van der Waals surface area contributed by atoms with Gasteiger partial charge in [-0.3, -0.25) is 4.79 Å². The highest BCUT2D eigenvalue weighted by molar-refractivity contribution is 6.00. The molecule has 1 aromatic heterocycles. The predicted octanol–water partition coefficient (Wildman–Crippen LogP) is 4.61. The lowest BCUT2D eigenvalue weighted by Crippen LogP contribution is -2.43. The second kappa shape index (κ2) is 9.87. The van der Waals surface area contributed by atoms with Crippen LogP contribution in [0.2, 0.25) is 0 Å². The molecule has 0 radical (unpaired) electrons. The van der Waals surface area contributed by atoms with Crippen LogP contribution in [-0.2, 0) is 13.0 Å². The lowest BCUT2D eigenvalue weighted by atomic mass is 10.1. The van der Waals surface area contributed by atoms with Gasteiger partial charge in [-0.05, 0) is 18.6 Å². The number of nitrogens with zero attached hydrogens (tertiary/aromatic N) is 4. The summed E-state index contributed by atoms with van der Waals surface area (Å²) < 4.78 is 13.1. The molecular formula is C23H34N4O3. The second-order valence-electron chi connectivity index (χ2n) is 7.73. The minimum absolute atomic E-state index is 0.0227. The number of imidazole rings is 1. The van der Waals surface area contributed by atoms with E-state index in [4.69, 9.17) is 14.5 Å². The van der Waals surface area contributed by atoms with Crippen LogP contribution < -0.4 is 14.4 Å². The van der Waals surface area contributed by atoms with Crippen molar-refractivity contribution in [1.29, 1.82) is 0 Å². The van der Waals surface area contributed by atoms with Gasteiger partial charge in [0.15, 0.2) is 11.5 Å². The van der Waals surface area contributed by atoms with Crippen molar-refractivity contribution in [3.63, 3.8) is 0 Å². The average Bonchev–Trinajstić information content (AvgIpc) is 3.14. The smallest absolute Gasteiger partial charge is 0.275 e. The Morgan fingerprint density at radius 1 is 1.07 bits per heavy atom. The summed E-state index contributed by atoms with van der Waals surface area (Å²) in [6, 6.07) is 5.72. The molecule has 7 nitrogen and oxygen atoms in total. The van der Waals surface area contributed by atoms with E-state index >= 15 is 0 Å². The maximum atomic E-state index is 13.1. The van der Waals surface area contributed by atoms with Gasteiger partial charge in [-0.1, -0.05) is 39.5 Å². The van der Waals surface area contributed by atoms with E-state index in [1.807, 2.05) is 25.2 Å². The number of hydrogen-bond donors (Lipinski definition) is 0. The summed E-state index contributed by atoms with van der Waals surface area (Å²) in [6.45, 7) is 5.55. The van der Waals surface area contributed by atoms with Crippen molar-refractivity contribution in [3.05, 3.63) is 29.7 Å². The van der Waals surface area contributed by atoms with Crippen LogP contribution in [0.3, 0.4) is 0 Å². The highest BCUT2D eigenvalue weighted by Crippen LogP contribution is 2.40. The minimum atomic E-state index is 0.0227. The Kier molecular flexibility index (Phi) is 7.24. The number of aromatic nitrogens is 2. The van der Waals surface area contributed by atoms with E-state index in [0.29, 0.717) is 23.9 Å². The molecule has 0 saturated heterocycles. The molecule has 0 saturated carbocycles. The molecular weight excluding hydrogens is 380 g/mol. The molecule has 1 amide bonds. The zero-order valence-electron chi connectivity index (χ0n) is 18.9. The number of carbonyl (C=O) groups excluding carboxylic acids is 1. The van der Waals surface area contributed by atoms with E-state index in [1.54, 1.807) is 19.1 Å². The standard InChI is InChI=1S/C23H34N4O3/c1-6-8-9-10-11-14-26-20(7-2)24-22-21(26)23(28)25(3)16-27(22)18-13-12-17(29-4)15-19(18)30-5/h12-13,15H,6-11,14,16H2,1-5H3. The third kappa shape index (κ3) is 4.25. The van der Waals surface area contributed by atoms with Crippen molar-refractivity contribution >= 4 is 17.4 Å².